The number of ether oxygens (including phenoxy) is 5. The summed E-state index contributed by atoms with van der Waals surface area (Å²) in [6, 6.07) is 3.25. The second-order valence-electron chi connectivity index (χ2n) is 16.7. The lowest BCUT2D eigenvalue weighted by atomic mass is 9.74. The van der Waals surface area contributed by atoms with E-state index in [1.165, 1.54) is 13.8 Å². The van der Waals surface area contributed by atoms with Crippen molar-refractivity contribution < 1.29 is 53.1 Å². The van der Waals surface area contributed by atoms with Gasteiger partial charge in [0.2, 0.25) is 5.95 Å². The minimum absolute atomic E-state index is 0.0302. The molecule has 2 bridgehead atoms. The number of nitrogen functional groups attached to an aromatic ring is 1. The quantitative estimate of drug-likeness (QED) is 0.197. The lowest BCUT2D eigenvalue weighted by Crippen LogP contribution is -2.60. The number of fused-ring (bicyclic) bond motifs is 5. The first kappa shape index (κ1) is 45.6. The Kier molecular flexibility index (Phi) is 14.8. The number of rotatable bonds is 8. The van der Waals surface area contributed by atoms with Crippen LogP contribution >= 0.6 is 11.5 Å². The Morgan fingerprint density at radius 2 is 1.79 bits per heavy atom. The molecule has 0 amide bonds. The van der Waals surface area contributed by atoms with Gasteiger partial charge >= 0.3 is 5.97 Å². The number of nitrogens with zero attached hydrogens (tertiary/aromatic N) is 5. The summed E-state index contributed by atoms with van der Waals surface area (Å²) in [6.45, 7) is 12.8. The standard InChI is InChI=1S/C40H60N6O11S/c1-11-29-40(8,51)34-22(4)30(47)20(2)15-39(7,53-18-27(17-52-34)44-54-19-26-13-12-25(16-42-26)35-43-38(41)45-58-35)33(23(5)31(48)24(6)36(50)56-29)57-37-32(49)28(46(9)10)14-21(3)55-37/h12-13,16,20-24,28-29,32-34,37,49,51H,11,14-15,17-19H2,1-10H3,(H2,41,45)/t20-,21-,22+,23+,24-,28+,29-,32-,33-,34-,37+,39-,40-/m1/s1. The van der Waals surface area contributed by atoms with Gasteiger partial charge in [-0.15, -0.1) is 0 Å². The van der Waals surface area contributed by atoms with Crippen LogP contribution in [0.2, 0.25) is 0 Å². The van der Waals surface area contributed by atoms with Gasteiger partial charge in [-0.05, 0) is 84.7 Å². The number of esters is 1. The van der Waals surface area contributed by atoms with Crippen LogP contribution in [0.25, 0.3) is 10.6 Å². The molecule has 3 fully saturated rings. The molecule has 0 saturated carbocycles. The van der Waals surface area contributed by atoms with E-state index in [0.717, 1.165) is 17.1 Å². The number of likely N-dealkylation sites (N-methyl/N-ethyl adjacent to an activating group) is 1. The highest BCUT2D eigenvalue weighted by atomic mass is 32.1. The molecule has 0 radical (unpaired) electrons. The van der Waals surface area contributed by atoms with E-state index >= 15 is 0 Å². The van der Waals surface area contributed by atoms with Gasteiger partial charge < -0.3 is 49.4 Å². The van der Waals surface area contributed by atoms with Crippen LogP contribution in [-0.2, 0) is 49.5 Å². The second kappa shape index (κ2) is 18.8. The van der Waals surface area contributed by atoms with Gasteiger partial charge in [-0.3, -0.25) is 19.4 Å². The molecule has 13 atom stereocenters. The number of anilines is 1. The number of carbonyl (C=O) groups is 3. The molecule has 3 aliphatic heterocycles. The Morgan fingerprint density at radius 1 is 1.07 bits per heavy atom. The molecule has 2 aromatic heterocycles. The van der Waals surface area contributed by atoms with Crippen LogP contribution in [0.5, 0.6) is 0 Å². The zero-order valence-corrected chi connectivity index (χ0v) is 35.9. The monoisotopic (exact) mass is 832 g/mol. The number of nitrogens with two attached hydrogens (primary N) is 1. The lowest BCUT2D eigenvalue weighted by molar-refractivity contribution is -0.296. The Labute approximate surface area is 344 Å². The van der Waals surface area contributed by atoms with Crippen molar-refractivity contribution in [1.29, 1.82) is 0 Å². The number of hydrogen-bond acceptors (Lipinski definition) is 18. The molecule has 322 valence electrons. The number of cyclic esters (lactones) is 1. The SMILES string of the molecule is CC[C@H]1OC(=O)[C@H](C)C(=O)[C@H](C)[C@@H](O[C@@H]2O[C@H](C)C[C@H](N(C)C)[C@H]2O)[C@@]2(C)C[C@@H](C)C(=O)[C@H](C)[C@@H](OCC(=NOCc3ccc(-c4nc(N)ns4)cn3)CO2)[C@]1(C)O. The van der Waals surface area contributed by atoms with Crippen molar-refractivity contribution in [2.45, 2.75) is 135 Å². The minimum Gasteiger partial charge on any atom is -0.459 e. The summed E-state index contributed by atoms with van der Waals surface area (Å²) in [5.74, 6) is -5.35. The summed E-state index contributed by atoms with van der Waals surface area (Å²) in [7, 11) is 3.71. The molecule has 2 aromatic rings. The van der Waals surface area contributed by atoms with Crippen molar-refractivity contribution in [2.24, 2.45) is 28.8 Å². The number of aliphatic hydroxyl groups excluding tert-OH is 1. The molecule has 5 rings (SSSR count). The molecule has 0 aromatic carbocycles. The van der Waals surface area contributed by atoms with Gasteiger partial charge in [-0.2, -0.15) is 9.36 Å². The van der Waals surface area contributed by atoms with Crippen molar-refractivity contribution in [1.82, 2.24) is 19.2 Å². The average Bonchev–Trinajstić information content (AvgIpc) is 3.62. The average molecular weight is 833 g/mol. The summed E-state index contributed by atoms with van der Waals surface area (Å²) >= 11 is 1.16. The minimum atomic E-state index is -1.88. The number of aromatic nitrogens is 3. The molecule has 58 heavy (non-hydrogen) atoms. The number of hydrogen-bond donors (Lipinski definition) is 3. The zero-order chi connectivity index (χ0) is 42.7. The van der Waals surface area contributed by atoms with Gasteiger partial charge in [0.05, 0.1) is 42.8 Å². The Morgan fingerprint density at radius 3 is 2.41 bits per heavy atom. The predicted octanol–water partition coefficient (Wildman–Crippen LogP) is 3.20. The smallest absolute Gasteiger partial charge is 0.316 e. The topological polar surface area (TPSA) is 227 Å². The van der Waals surface area contributed by atoms with E-state index in [4.69, 9.17) is 34.3 Å². The van der Waals surface area contributed by atoms with Crippen LogP contribution in [0.3, 0.4) is 0 Å². The maximum absolute atomic E-state index is 14.4. The Bertz CT molecular complexity index is 1770. The van der Waals surface area contributed by atoms with Gasteiger partial charge in [0, 0.05) is 35.6 Å². The number of oxime groups is 1. The summed E-state index contributed by atoms with van der Waals surface area (Å²) in [5.41, 5.74) is 3.91. The normalized spacial score (nSPS) is 37.8. The molecule has 3 aliphatic rings. The van der Waals surface area contributed by atoms with Gasteiger partial charge in [0.25, 0.3) is 0 Å². The zero-order valence-electron chi connectivity index (χ0n) is 35.1. The number of carbonyl (C=O) groups excluding carboxylic acids is 3. The van der Waals surface area contributed by atoms with E-state index < -0.39 is 77.3 Å². The van der Waals surface area contributed by atoms with Crippen molar-refractivity contribution in [3.05, 3.63) is 24.0 Å². The third kappa shape index (κ3) is 10.1. The molecule has 0 aliphatic carbocycles. The summed E-state index contributed by atoms with van der Waals surface area (Å²) in [4.78, 5) is 58.8. The maximum Gasteiger partial charge on any atom is 0.316 e. The summed E-state index contributed by atoms with van der Waals surface area (Å²) < 4.78 is 35.9. The third-order valence-electron chi connectivity index (χ3n) is 11.7. The largest absolute Gasteiger partial charge is 0.459 e. The maximum atomic E-state index is 14.4. The van der Waals surface area contributed by atoms with Gasteiger partial charge in [0.1, 0.15) is 40.2 Å². The van der Waals surface area contributed by atoms with Crippen LogP contribution in [-0.4, -0.2) is 134 Å². The van der Waals surface area contributed by atoms with Crippen molar-refractivity contribution in [3.8, 4) is 10.6 Å². The molecule has 3 saturated heterocycles. The van der Waals surface area contributed by atoms with Crippen LogP contribution in [0.15, 0.2) is 23.5 Å². The fraction of sp³-hybridized carbons (Fsp3) is 0.725. The van der Waals surface area contributed by atoms with Crippen molar-refractivity contribution >= 4 is 40.7 Å². The van der Waals surface area contributed by atoms with E-state index in [1.807, 2.05) is 32.0 Å². The Balaban J connectivity index is 1.57. The fourth-order valence-electron chi connectivity index (χ4n) is 8.38. The van der Waals surface area contributed by atoms with Crippen molar-refractivity contribution in [2.75, 3.05) is 33.0 Å². The van der Waals surface area contributed by atoms with Crippen LogP contribution in [0, 0.1) is 23.7 Å². The van der Waals surface area contributed by atoms with E-state index in [2.05, 4.69) is 19.5 Å². The highest BCUT2D eigenvalue weighted by Crippen LogP contribution is 2.39. The third-order valence-corrected chi connectivity index (χ3v) is 12.5. The molecule has 0 spiro atoms. The predicted molar refractivity (Wildman–Crippen MR) is 213 cm³/mol. The molecule has 4 N–H and O–H groups in total. The molecular formula is C40H60N6O11S. The van der Waals surface area contributed by atoms with E-state index in [0.29, 0.717) is 17.1 Å². The molecule has 18 heteroatoms. The number of Topliss-reactive ketones (excluding diaryl/α,β-unsaturated/α-hetero) is 2. The summed E-state index contributed by atoms with van der Waals surface area (Å²) in [5, 5.41) is 28.8. The number of ketones is 2. The van der Waals surface area contributed by atoms with E-state index in [1.54, 1.807) is 46.9 Å². The van der Waals surface area contributed by atoms with Gasteiger partial charge in [-0.1, -0.05) is 32.9 Å². The Hall–Kier alpha value is -3.49. The molecule has 17 nitrogen and oxygen atoms in total. The molecular weight excluding hydrogens is 773 g/mol. The summed E-state index contributed by atoms with van der Waals surface area (Å²) in [6.07, 6.45) is -3.74. The molecule has 0 unspecified atom stereocenters. The lowest BCUT2D eigenvalue weighted by Gasteiger charge is -2.47. The van der Waals surface area contributed by atoms with Gasteiger partial charge in [0.15, 0.2) is 18.7 Å². The van der Waals surface area contributed by atoms with Crippen molar-refractivity contribution in [3.63, 3.8) is 0 Å². The number of aliphatic hydroxyl groups is 2. The number of pyridine rings is 1. The highest BCUT2D eigenvalue weighted by Gasteiger charge is 2.53. The van der Waals surface area contributed by atoms with Gasteiger partial charge in [-0.25, -0.2) is 0 Å². The first-order chi connectivity index (χ1) is 27.3. The van der Waals surface area contributed by atoms with Crippen LogP contribution in [0.1, 0.15) is 80.3 Å². The first-order valence-electron chi connectivity index (χ1n) is 19.9. The van der Waals surface area contributed by atoms with E-state index in [9.17, 15) is 24.6 Å². The van der Waals surface area contributed by atoms with E-state index in [-0.39, 0.29) is 62.3 Å². The first-order valence-corrected chi connectivity index (χ1v) is 20.7. The fourth-order valence-corrected chi connectivity index (χ4v) is 8.96. The highest BCUT2D eigenvalue weighted by molar-refractivity contribution is 7.09. The van der Waals surface area contributed by atoms with Crippen LogP contribution < -0.4 is 5.73 Å². The molecule has 5 heterocycles. The van der Waals surface area contributed by atoms with Crippen LogP contribution in [0.4, 0.5) is 5.95 Å². The second-order valence-corrected chi connectivity index (χ2v) is 17.4.